The lowest BCUT2D eigenvalue weighted by Crippen LogP contribution is -2.27. The summed E-state index contributed by atoms with van der Waals surface area (Å²) in [6, 6.07) is 5.21. The van der Waals surface area contributed by atoms with E-state index in [-0.39, 0.29) is 6.61 Å². The summed E-state index contributed by atoms with van der Waals surface area (Å²) < 4.78 is 10.4. The molecule has 0 aliphatic rings. The maximum Gasteiger partial charge on any atom is 0.344 e. The predicted molar refractivity (Wildman–Crippen MR) is 70.7 cm³/mol. The molecular formula is C13H18ClNO3. The van der Waals surface area contributed by atoms with Gasteiger partial charge in [0.25, 0.3) is 0 Å². The van der Waals surface area contributed by atoms with E-state index < -0.39 is 11.6 Å². The number of hydrogen-bond acceptors (Lipinski definition) is 4. The fourth-order valence-corrected chi connectivity index (χ4v) is 1.55. The Morgan fingerprint density at radius 3 is 2.56 bits per heavy atom. The number of halogens is 1. The van der Waals surface area contributed by atoms with E-state index in [1.54, 1.807) is 39.0 Å². The van der Waals surface area contributed by atoms with Crippen molar-refractivity contribution in [2.45, 2.75) is 32.9 Å². The molecule has 0 aromatic heterocycles. The molecule has 18 heavy (non-hydrogen) atoms. The summed E-state index contributed by atoms with van der Waals surface area (Å²) >= 11 is 5.99. The largest absolute Gasteiger partial charge is 0.480 e. The van der Waals surface area contributed by atoms with Gasteiger partial charge in [-0.1, -0.05) is 17.7 Å². The molecule has 2 N–H and O–H groups in total. The highest BCUT2D eigenvalue weighted by atomic mass is 35.5. The summed E-state index contributed by atoms with van der Waals surface area (Å²) in [5.41, 5.74) is 5.87. The number of ether oxygens (including phenoxy) is 2. The van der Waals surface area contributed by atoms with E-state index in [4.69, 9.17) is 26.8 Å². The molecule has 1 aromatic rings. The third kappa shape index (κ3) is 4.94. The molecule has 0 saturated carbocycles. The smallest absolute Gasteiger partial charge is 0.344 e. The van der Waals surface area contributed by atoms with Crippen molar-refractivity contribution in [2.75, 3.05) is 6.61 Å². The van der Waals surface area contributed by atoms with Gasteiger partial charge in [-0.25, -0.2) is 4.79 Å². The zero-order valence-electron chi connectivity index (χ0n) is 10.8. The Labute approximate surface area is 112 Å². The van der Waals surface area contributed by atoms with Gasteiger partial charge in [-0.05, 0) is 38.5 Å². The number of hydrogen-bond donors (Lipinski definition) is 1. The van der Waals surface area contributed by atoms with Crippen LogP contribution in [-0.2, 0) is 16.1 Å². The zero-order valence-corrected chi connectivity index (χ0v) is 11.6. The number of nitrogens with two attached hydrogens (primary N) is 1. The SMILES string of the molecule is CC(C)(C)OC(=O)COc1ccc(CN)cc1Cl. The maximum atomic E-state index is 11.5. The topological polar surface area (TPSA) is 61.5 Å². The van der Waals surface area contributed by atoms with Crippen LogP contribution in [0.15, 0.2) is 18.2 Å². The highest BCUT2D eigenvalue weighted by Crippen LogP contribution is 2.25. The second-order valence-corrected chi connectivity index (χ2v) is 5.25. The van der Waals surface area contributed by atoms with Gasteiger partial charge in [-0.3, -0.25) is 0 Å². The summed E-state index contributed by atoms with van der Waals surface area (Å²) in [5, 5.41) is 0.432. The summed E-state index contributed by atoms with van der Waals surface area (Å²) in [5.74, 6) is 0.0150. The fourth-order valence-electron chi connectivity index (χ4n) is 1.30. The average molecular weight is 272 g/mol. The third-order valence-electron chi connectivity index (χ3n) is 2.00. The third-order valence-corrected chi connectivity index (χ3v) is 2.29. The van der Waals surface area contributed by atoms with Crippen LogP contribution >= 0.6 is 11.6 Å². The molecule has 1 rings (SSSR count). The summed E-state index contributed by atoms with van der Waals surface area (Å²) in [6.45, 7) is 5.64. The molecule has 0 amide bonds. The van der Waals surface area contributed by atoms with E-state index in [2.05, 4.69) is 0 Å². The first-order valence-electron chi connectivity index (χ1n) is 5.65. The van der Waals surface area contributed by atoms with Crippen molar-refractivity contribution in [1.29, 1.82) is 0 Å². The molecule has 0 atom stereocenters. The Kier molecular flexibility index (Phi) is 4.99. The van der Waals surface area contributed by atoms with Crippen molar-refractivity contribution < 1.29 is 14.3 Å². The molecule has 0 radical (unpaired) electrons. The van der Waals surface area contributed by atoms with Crippen LogP contribution < -0.4 is 10.5 Å². The molecule has 0 unspecified atom stereocenters. The number of benzene rings is 1. The number of esters is 1. The summed E-state index contributed by atoms with van der Waals surface area (Å²) in [7, 11) is 0. The quantitative estimate of drug-likeness (QED) is 0.855. The van der Waals surface area contributed by atoms with Crippen LogP contribution in [0.3, 0.4) is 0 Å². The van der Waals surface area contributed by atoms with Gasteiger partial charge in [0.2, 0.25) is 0 Å². The van der Waals surface area contributed by atoms with E-state index in [9.17, 15) is 4.79 Å². The van der Waals surface area contributed by atoms with Crippen molar-refractivity contribution in [3.63, 3.8) is 0 Å². The molecule has 0 fully saturated rings. The van der Waals surface area contributed by atoms with Crippen LogP contribution in [0, 0.1) is 0 Å². The Morgan fingerprint density at radius 2 is 2.06 bits per heavy atom. The van der Waals surface area contributed by atoms with Gasteiger partial charge in [-0.15, -0.1) is 0 Å². The minimum Gasteiger partial charge on any atom is -0.480 e. The molecule has 0 aliphatic heterocycles. The van der Waals surface area contributed by atoms with E-state index in [1.807, 2.05) is 0 Å². The van der Waals surface area contributed by atoms with Crippen LogP contribution in [0.2, 0.25) is 5.02 Å². The summed E-state index contributed by atoms with van der Waals surface area (Å²) in [4.78, 5) is 11.5. The van der Waals surface area contributed by atoms with E-state index in [0.29, 0.717) is 17.3 Å². The van der Waals surface area contributed by atoms with Crippen molar-refractivity contribution in [2.24, 2.45) is 5.73 Å². The van der Waals surface area contributed by atoms with Crippen LogP contribution in [0.5, 0.6) is 5.75 Å². The standard InChI is InChI=1S/C13H18ClNO3/c1-13(2,3)18-12(16)8-17-11-5-4-9(7-15)6-10(11)14/h4-6H,7-8,15H2,1-3H3. The van der Waals surface area contributed by atoms with E-state index >= 15 is 0 Å². The molecule has 0 aliphatic carbocycles. The molecule has 0 spiro atoms. The van der Waals surface area contributed by atoms with Crippen molar-refractivity contribution in [3.05, 3.63) is 28.8 Å². The predicted octanol–water partition coefficient (Wildman–Crippen LogP) is 2.52. The highest BCUT2D eigenvalue weighted by Gasteiger charge is 2.17. The number of carbonyl (C=O) groups is 1. The Balaban J connectivity index is 2.56. The first-order chi connectivity index (χ1) is 8.31. The average Bonchev–Trinajstić information content (AvgIpc) is 2.25. The van der Waals surface area contributed by atoms with Gasteiger partial charge in [0.05, 0.1) is 5.02 Å². The second-order valence-electron chi connectivity index (χ2n) is 4.84. The Hall–Kier alpha value is -1.26. The molecule has 0 heterocycles. The lowest BCUT2D eigenvalue weighted by Gasteiger charge is -2.19. The lowest BCUT2D eigenvalue weighted by molar-refractivity contribution is -0.157. The van der Waals surface area contributed by atoms with Gasteiger partial charge in [-0.2, -0.15) is 0 Å². The van der Waals surface area contributed by atoms with Crippen molar-refractivity contribution in [3.8, 4) is 5.75 Å². The molecule has 5 heteroatoms. The molecule has 0 saturated heterocycles. The van der Waals surface area contributed by atoms with Crippen LogP contribution in [0.25, 0.3) is 0 Å². The Morgan fingerprint density at radius 1 is 1.39 bits per heavy atom. The summed E-state index contributed by atoms with van der Waals surface area (Å²) in [6.07, 6.45) is 0. The second kappa shape index (κ2) is 6.07. The van der Waals surface area contributed by atoms with Crippen LogP contribution in [-0.4, -0.2) is 18.2 Å². The van der Waals surface area contributed by atoms with E-state index in [0.717, 1.165) is 5.56 Å². The van der Waals surface area contributed by atoms with Crippen LogP contribution in [0.1, 0.15) is 26.3 Å². The first kappa shape index (κ1) is 14.8. The van der Waals surface area contributed by atoms with Crippen molar-refractivity contribution in [1.82, 2.24) is 0 Å². The lowest BCUT2D eigenvalue weighted by atomic mass is 10.2. The molecule has 4 nitrogen and oxygen atoms in total. The molecule has 1 aromatic carbocycles. The van der Waals surface area contributed by atoms with Gasteiger partial charge in [0, 0.05) is 6.54 Å². The zero-order chi connectivity index (χ0) is 13.8. The fraction of sp³-hybridized carbons (Fsp3) is 0.462. The van der Waals surface area contributed by atoms with Gasteiger partial charge in [0.15, 0.2) is 6.61 Å². The van der Waals surface area contributed by atoms with Gasteiger partial charge >= 0.3 is 5.97 Å². The Bertz CT molecular complexity index is 427. The molecule has 0 bridgehead atoms. The van der Waals surface area contributed by atoms with Crippen molar-refractivity contribution >= 4 is 17.6 Å². The maximum absolute atomic E-state index is 11.5. The minimum atomic E-state index is -0.520. The first-order valence-corrected chi connectivity index (χ1v) is 6.03. The minimum absolute atomic E-state index is 0.168. The van der Waals surface area contributed by atoms with Gasteiger partial charge < -0.3 is 15.2 Å². The normalized spacial score (nSPS) is 11.2. The monoisotopic (exact) mass is 271 g/mol. The number of carbonyl (C=O) groups excluding carboxylic acids is 1. The van der Waals surface area contributed by atoms with Gasteiger partial charge in [0.1, 0.15) is 11.4 Å². The number of rotatable bonds is 4. The van der Waals surface area contributed by atoms with E-state index in [1.165, 1.54) is 0 Å². The molecule has 100 valence electrons. The molecular weight excluding hydrogens is 254 g/mol. The van der Waals surface area contributed by atoms with Crippen LogP contribution in [0.4, 0.5) is 0 Å². The highest BCUT2D eigenvalue weighted by molar-refractivity contribution is 6.32.